The van der Waals surface area contributed by atoms with Crippen molar-refractivity contribution in [1.29, 1.82) is 0 Å². The van der Waals surface area contributed by atoms with E-state index in [1.165, 1.54) is 40.0 Å². The summed E-state index contributed by atoms with van der Waals surface area (Å²) in [6.07, 6.45) is 0. The number of anilines is 1. The number of halogens is 1. The van der Waals surface area contributed by atoms with Crippen LogP contribution in [0.2, 0.25) is 0 Å². The van der Waals surface area contributed by atoms with Gasteiger partial charge in [0.1, 0.15) is 11.5 Å². The Morgan fingerprint density at radius 1 is 1.06 bits per heavy atom. The lowest BCUT2D eigenvalue weighted by Crippen LogP contribution is -2.19. The largest absolute Gasteiger partial charge is 0.360 e. The number of imidazole rings is 1. The first-order valence-corrected chi connectivity index (χ1v) is 11.5. The van der Waals surface area contributed by atoms with Gasteiger partial charge < -0.3 is 4.52 Å². The van der Waals surface area contributed by atoms with E-state index < -0.39 is 10.0 Å². The molecule has 2 aromatic carbocycles. The van der Waals surface area contributed by atoms with Gasteiger partial charge in [-0.25, -0.2) is 17.6 Å². The molecule has 1 N–H and O–H groups in total. The van der Waals surface area contributed by atoms with E-state index in [2.05, 4.69) is 9.88 Å². The fourth-order valence-corrected chi connectivity index (χ4v) is 5.76. The van der Waals surface area contributed by atoms with E-state index in [1.54, 1.807) is 45.3 Å². The monoisotopic (exact) mass is 462 g/mol. The lowest BCUT2D eigenvalue weighted by Gasteiger charge is -2.13. The molecule has 11 heteroatoms. The van der Waals surface area contributed by atoms with Crippen molar-refractivity contribution in [2.45, 2.75) is 28.5 Å². The number of fused-ring (bicyclic) bond motifs is 1. The first kappa shape index (κ1) is 21.2. The second-order valence-corrected chi connectivity index (χ2v) is 9.79. The highest BCUT2D eigenvalue weighted by molar-refractivity contribution is 7.99. The van der Waals surface area contributed by atoms with E-state index in [9.17, 15) is 17.6 Å². The molecule has 0 bridgehead atoms. The fourth-order valence-electron chi connectivity index (χ4n) is 3.37. The van der Waals surface area contributed by atoms with Crippen LogP contribution in [0, 0.1) is 19.7 Å². The highest BCUT2D eigenvalue weighted by Crippen LogP contribution is 2.37. The van der Waals surface area contributed by atoms with Crippen LogP contribution in [0.5, 0.6) is 0 Å². The molecule has 0 spiro atoms. The van der Waals surface area contributed by atoms with Crippen LogP contribution in [0.3, 0.4) is 0 Å². The molecule has 0 aliphatic rings. The number of aryl methyl sites for hydroxylation is 4. The fraction of sp³-hybridized carbons (Fsp3) is 0.200. The van der Waals surface area contributed by atoms with Gasteiger partial charge in [-0.1, -0.05) is 16.9 Å². The Bertz CT molecular complexity index is 1450. The molecule has 0 unspecified atom stereocenters. The van der Waals surface area contributed by atoms with E-state index in [4.69, 9.17) is 4.52 Å². The highest BCUT2D eigenvalue weighted by Gasteiger charge is 2.26. The van der Waals surface area contributed by atoms with E-state index in [1.807, 2.05) is 0 Å². The molecule has 31 heavy (non-hydrogen) atoms. The van der Waals surface area contributed by atoms with Crippen LogP contribution in [-0.2, 0) is 24.1 Å². The minimum Gasteiger partial charge on any atom is -0.360 e. The van der Waals surface area contributed by atoms with E-state index in [0.717, 1.165) is 0 Å². The van der Waals surface area contributed by atoms with Crippen molar-refractivity contribution in [2.75, 3.05) is 4.72 Å². The second-order valence-electron chi connectivity index (χ2n) is 7.05. The predicted octanol–water partition coefficient (Wildman–Crippen LogP) is 3.57. The maximum absolute atomic E-state index is 13.3. The standard InChI is InChI=1S/C20H19FN4O4S2/c1-11-19(12(2)29-22-11)31(27,28)23-15-9-16-17(25(4)20(26)24(16)3)10-18(15)30-14-7-5-13(21)6-8-14/h5-10,23H,1-4H3. The first-order valence-electron chi connectivity index (χ1n) is 9.17. The number of benzene rings is 2. The van der Waals surface area contributed by atoms with Gasteiger partial charge in [-0.15, -0.1) is 0 Å². The molecule has 0 saturated heterocycles. The molecule has 162 valence electrons. The molecule has 0 aliphatic heterocycles. The van der Waals surface area contributed by atoms with Gasteiger partial charge in [-0.2, -0.15) is 0 Å². The highest BCUT2D eigenvalue weighted by atomic mass is 32.2. The van der Waals surface area contributed by atoms with E-state index in [0.29, 0.717) is 20.8 Å². The summed E-state index contributed by atoms with van der Waals surface area (Å²) in [6.45, 7) is 3.07. The third-order valence-corrected chi connectivity index (χ3v) is 7.57. The predicted molar refractivity (Wildman–Crippen MR) is 115 cm³/mol. The van der Waals surface area contributed by atoms with Gasteiger partial charge in [0, 0.05) is 23.9 Å². The number of hydrogen-bond donors (Lipinski definition) is 1. The van der Waals surface area contributed by atoms with Crippen LogP contribution in [0.15, 0.2) is 60.4 Å². The smallest absolute Gasteiger partial charge is 0.328 e. The molecule has 2 heterocycles. The molecule has 0 fully saturated rings. The summed E-state index contributed by atoms with van der Waals surface area (Å²) in [5, 5.41) is 3.72. The number of sulfonamides is 1. The molecule has 0 amide bonds. The molecule has 8 nitrogen and oxygen atoms in total. The van der Waals surface area contributed by atoms with Gasteiger partial charge >= 0.3 is 5.69 Å². The van der Waals surface area contributed by atoms with Crippen LogP contribution in [0.25, 0.3) is 11.0 Å². The molecule has 0 saturated carbocycles. The summed E-state index contributed by atoms with van der Waals surface area (Å²) in [5.41, 5.74) is 1.48. The Hall–Kier alpha value is -3.05. The third-order valence-electron chi connectivity index (χ3n) is 4.90. The maximum Gasteiger partial charge on any atom is 0.328 e. The third kappa shape index (κ3) is 3.74. The zero-order valence-electron chi connectivity index (χ0n) is 17.1. The molecule has 2 aromatic heterocycles. The number of nitrogens with one attached hydrogen (secondary N) is 1. The van der Waals surface area contributed by atoms with Crippen LogP contribution in [0.1, 0.15) is 11.5 Å². The van der Waals surface area contributed by atoms with Crippen molar-refractivity contribution in [3.8, 4) is 0 Å². The average molecular weight is 463 g/mol. The molecular weight excluding hydrogens is 443 g/mol. The molecule has 0 aliphatic carbocycles. The topological polar surface area (TPSA) is 99.1 Å². The zero-order valence-corrected chi connectivity index (χ0v) is 18.8. The van der Waals surface area contributed by atoms with Crippen molar-refractivity contribution in [1.82, 2.24) is 14.3 Å². The number of nitrogens with zero attached hydrogens (tertiary/aromatic N) is 3. The number of rotatable bonds is 5. The second kappa shape index (κ2) is 7.57. The molecule has 0 radical (unpaired) electrons. The Morgan fingerprint density at radius 2 is 1.68 bits per heavy atom. The minimum atomic E-state index is -4.01. The van der Waals surface area contributed by atoms with Gasteiger partial charge in [-0.05, 0) is 50.2 Å². The Labute approximate surface area is 181 Å². The normalized spacial score (nSPS) is 11.9. The van der Waals surface area contributed by atoms with Crippen LogP contribution in [0.4, 0.5) is 10.1 Å². The van der Waals surface area contributed by atoms with Gasteiger partial charge in [-0.3, -0.25) is 13.9 Å². The quantitative estimate of drug-likeness (QED) is 0.487. The Balaban J connectivity index is 1.88. The SMILES string of the molecule is Cc1noc(C)c1S(=O)(=O)Nc1cc2c(cc1Sc1ccc(F)cc1)n(C)c(=O)n2C. The van der Waals surface area contributed by atoms with Crippen LogP contribution >= 0.6 is 11.8 Å². The summed E-state index contributed by atoms with van der Waals surface area (Å²) >= 11 is 1.25. The van der Waals surface area contributed by atoms with Crippen molar-refractivity contribution in [3.05, 3.63) is 64.2 Å². The zero-order chi connectivity index (χ0) is 22.5. The number of hydrogen-bond acceptors (Lipinski definition) is 6. The van der Waals surface area contributed by atoms with Crippen LogP contribution in [-0.4, -0.2) is 22.7 Å². The van der Waals surface area contributed by atoms with Crippen molar-refractivity contribution in [2.24, 2.45) is 14.1 Å². The van der Waals surface area contributed by atoms with Gasteiger partial charge in [0.15, 0.2) is 10.7 Å². The van der Waals surface area contributed by atoms with Gasteiger partial charge in [0.25, 0.3) is 10.0 Å². The van der Waals surface area contributed by atoms with E-state index in [-0.39, 0.29) is 33.5 Å². The Morgan fingerprint density at radius 3 is 2.26 bits per heavy atom. The first-order chi connectivity index (χ1) is 14.6. The molecule has 4 aromatic rings. The molecule has 4 rings (SSSR count). The Kier molecular flexibility index (Phi) is 5.18. The molecule has 0 atom stereocenters. The lowest BCUT2D eigenvalue weighted by atomic mass is 10.3. The molecular formula is C20H19FN4O4S2. The lowest BCUT2D eigenvalue weighted by molar-refractivity contribution is 0.390. The summed E-state index contributed by atoms with van der Waals surface area (Å²) < 4.78 is 50.1. The number of aromatic nitrogens is 3. The van der Waals surface area contributed by atoms with Crippen molar-refractivity contribution >= 4 is 38.5 Å². The summed E-state index contributed by atoms with van der Waals surface area (Å²) in [6, 6.07) is 9.19. The van der Waals surface area contributed by atoms with Crippen molar-refractivity contribution in [3.63, 3.8) is 0 Å². The maximum atomic E-state index is 13.3. The summed E-state index contributed by atoms with van der Waals surface area (Å²) in [5.74, 6) is -0.199. The summed E-state index contributed by atoms with van der Waals surface area (Å²) in [7, 11) is -0.753. The van der Waals surface area contributed by atoms with Crippen molar-refractivity contribution < 1.29 is 17.3 Å². The van der Waals surface area contributed by atoms with Gasteiger partial charge in [0.2, 0.25) is 0 Å². The summed E-state index contributed by atoms with van der Waals surface area (Å²) in [4.78, 5) is 13.6. The average Bonchev–Trinajstić information content (AvgIpc) is 3.16. The minimum absolute atomic E-state index is 0.0349. The van der Waals surface area contributed by atoms with Crippen LogP contribution < -0.4 is 10.4 Å². The van der Waals surface area contributed by atoms with E-state index >= 15 is 0 Å². The van der Waals surface area contributed by atoms with Gasteiger partial charge in [0.05, 0.1) is 16.7 Å².